The monoisotopic (exact) mass is 392 g/mol. The van der Waals surface area contributed by atoms with Crippen molar-refractivity contribution in [2.45, 2.75) is 25.5 Å². The maximum atomic E-state index is 12.5. The van der Waals surface area contributed by atoms with Crippen molar-refractivity contribution in [1.29, 1.82) is 0 Å². The Labute approximate surface area is 161 Å². The Morgan fingerprint density at radius 3 is 2.70 bits per heavy atom. The highest BCUT2D eigenvalue weighted by Gasteiger charge is 2.24. The van der Waals surface area contributed by atoms with Crippen LogP contribution >= 0.6 is 11.3 Å². The molecule has 1 aliphatic rings. The van der Waals surface area contributed by atoms with Crippen LogP contribution in [0.15, 0.2) is 47.9 Å². The molecule has 0 radical (unpaired) electrons. The van der Waals surface area contributed by atoms with E-state index in [0.717, 1.165) is 13.1 Å². The van der Waals surface area contributed by atoms with Crippen LogP contribution in [0.2, 0.25) is 0 Å². The van der Waals surface area contributed by atoms with Crippen molar-refractivity contribution in [3.63, 3.8) is 0 Å². The summed E-state index contributed by atoms with van der Waals surface area (Å²) in [4.78, 5) is 15.9. The van der Waals surface area contributed by atoms with Gasteiger partial charge in [-0.25, -0.2) is 0 Å². The number of hydrogen-bond acceptors (Lipinski definition) is 4. The second-order valence-corrected chi connectivity index (χ2v) is 7.25. The summed E-state index contributed by atoms with van der Waals surface area (Å²) < 4.78 is 29.4. The molecule has 0 bridgehead atoms. The highest BCUT2D eigenvalue weighted by atomic mass is 32.1. The van der Waals surface area contributed by atoms with Gasteiger partial charge in [-0.3, -0.25) is 9.69 Å². The van der Waals surface area contributed by atoms with Gasteiger partial charge in [0.05, 0.1) is 6.04 Å². The number of halogens is 2. The van der Waals surface area contributed by atoms with Crippen LogP contribution in [-0.4, -0.2) is 37.1 Å². The Morgan fingerprint density at radius 1 is 1.22 bits per heavy atom. The Bertz CT molecular complexity index is 759. The zero-order chi connectivity index (χ0) is 19.1. The normalized spacial score (nSPS) is 16.1. The number of nitrogens with one attached hydrogen (secondary N) is 1. The highest BCUT2D eigenvalue weighted by molar-refractivity contribution is 7.10. The minimum absolute atomic E-state index is 0.0464. The number of rotatable bonds is 8. The zero-order valence-corrected chi connectivity index (χ0v) is 15.6. The van der Waals surface area contributed by atoms with E-state index in [2.05, 4.69) is 21.0 Å². The molecule has 1 amide bonds. The Morgan fingerprint density at radius 2 is 2.00 bits per heavy atom. The smallest absolute Gasteiger partial charge is 0.387 e. The van der Waals surface area contributed by atoms with Crippen LogP contribution in [0.25, 0.3) is 6.08 Å². The number of carbonyl (C=O) groups excluding carboxylic acids is 1. The first-order chi connectivity index (χ1) is 13.1. The first kappa shape index (κ1) is 19.5. The number of alkyl halides is 2. The molecule has 3 rings (SSSR count). The van der Waals surface area contributed by atoms with Crippen LogP contribution in [0.1, 0.15) is 29.3 Å². The van der Waals surface area contributed by atoms with Crippen LogP contribution in [0.4, 0.5) is 8.78 Å². The average molecular weight is 392 g/mol. The minimum atomic E-state index is -2.90. The number of likely N-dealkylation sites (tertiary alicyclic amines) is 1. The van der Waals surface area contributed by atoms with Crippen molar-refractivity contribution in [2.24, 2.45) is 0 Å². The van der Waals surface area contributed by atoms with E-state index in [1.807, 2.05) is 11.4 Å². The largest absolute Gasteiger partial charge is 0.434 e. The molecule has 1 aromatic heterocycles. The zero-order valence-electron chi connectivity index (χ0n) is 14.8. The van der Waals surface area contributed by atoms with E-state index in [-0.39, 0.29) is 17.7 Å². The number of carbonyl (C=O) groups is 1. The summed E-state index contributed by atoms with van der Waals surface area (Å²) in [7, 11) is 0. The van der Waals surface area contributed by atoms with E-state index >= 15 is 0 Å². The number of para-hydroxylation sites is 1. The third-order valence-electron chi connectivity index (χ3n) is 4.47. The molecule has 4 nitrogen and oxygen atoms in total. The number of benzene rings is 1. The van der Waals surface area contributed by atoms with Gasteiger partial charge in [-0.2, -0.15) is 8.78 Å². The summed E-state index contributed by atoms with van der Waals surface area (Å²) in [6, 6.07) is 10.7. The molecular weight excluding hydrogens is 370 g/mol. The maximum Gasteiger partial charge on any atom is 0.387 e. The molecule has 7 heteroatoms. The van der Waals surface area contributed by atoms with Gasteiger partial charge in [0.25, 0.3) is 0 Å². The standard InChI is InChI=1S/C20H22F2N2O2S/c21-20(22)26-17-7-2-1-6-15(17)9-10-19(25)23-14-16(18-8-5-13-27-18)24-11-3-4-12-24/h1-2,5-10,13,16,20H,3-4,11-12,14H2,(H,23,25)/b10-9+. The number of amides is 1. The van der Waals surface area contributed by atoms with Gasteiger partial charge in [0.1, 0.15) is 5.75 Å². The molecule has 1 aliphatic heterocycles. The molecule has 2 heterocycles. The molecule has 27 heavy (non-hydrogen) atoms. The van der Waals surface area contributed by atoms with Crippen LogP contribution in [0, 0.1) is 0 Å². The van der Waals surface area contributed by atoms with Crippen LogP contribution in [-0.2, 0) is 4.79 Å². The molecule has 1 unspecified atom stereocenters. The predicted octanol–water partition coefficient (Wildman–Crippen LogP) is 4.32. The first-order valence-electron chi connectivity index (χ1n) is 8.90. The molecule has 0 spiro atoms. The lowest BCUT2D eigenvalue weighted by atomic mass is 10.2. The average Bonchev–Trinajstić information content (AvgIpc) is 3.35. The molecule has 1 aromatic carbocycles. The van der Waals surface area contributed by atoms with Gasteiger partial charge in [-0.1, -0.05) is 24.3 Å². The van der Waals surface area contributed by atoms with Gasteiger partial charge in [0, 0.05) is 23.1 Å². The summed E-state index contributed by atoms with van der Waals surface area (Å²) in [5.74, 6) is -0.215. The van der Waals surface area contributed by atoms with Gasteiger partial charge in [-0.05, 0) is 49.5 Å². The molecule has 2 aromatic rings. The van der Waals surface area contributed by atoms with E-state index in [0.29, 0.717) is 12.1 Å². The topological polar surface area (TPSA) is 41.6 Å². The summed E-state index contributed by atoms with van der Waals surface area (Å²) in [6.45, 7) is -0.321. The SMILES string of the molecule is O=C(/C=C/c1ccccc1OC(F)F)NCC(c1cccs1)N1CCCC1. The second kappa shape index (κ2) is 9.62. The van der Waals surface area contributed by atoms with E-state index in [1.54, 1.807) is 29.5 Å². The molecule has 1 saturated heterocycles. The number of hydrogen-bond donors (Lipinski definition) is 1. The lowest BCUT2D eigenvalue weighted by molar-refractivity contribution is -0.116. The van der Waals surface area contributed by atoms with Gasteiger partial charge >= 0.3 is 6.61 Å². The quantitative estimate of drug-likeness (QED) is 0.681. The molecule has 0 saturated carbocycles. The van der Waals surface area contributed by atoms with Crippen LogP contribution in [0.3, 0.4) is 0 Å². The van der Waals surface area contributed by atoms with Gasteiger partial charge in [0.2, 0.25) is 5.91 Å². The van der Waals surface area contributed by atoms with Crippen molar-refractivity contribution >= 4 is 23.3 Å². The van der Waals surface area contributed by atoms with Crippen molar-refractivity contribution in [3.8, 4) is 5.75 Å². The molecule has 144 valence electrons. The maximum absolute atomic E-state index is 12.5. The third kappa shape index (κ3) is 5.61. The van der Waals surface area contributed by atoms with Gasteiger partial charge in [-0.15, -0.1) is 11.3 Å². The lowest BCUT2D eigenvalue weighted by Crippen LogP contribution is -2.35. The molecule has 1 N–H and O–H groups in total. The number of nitrogens with zero attached hydrogens (tertiary/aromatic N) is 1. The predicted molar refractivity (Wildman–Crippen MR) is 103 cm³/mol. The van der Waals surface area contributed by atoms with E-state index < -0.39 is 6.61 Å². The van der Waals surface area contributed by atoms with Crippen LogP contribution < -0.4 is 10.1 Å². The molecule has 1 fully saturated rings. The van der Waals surface area contributed by atoms with Gasteiger partial charge < -0.3 is 10.1 Å². The fraction of sp³-hybridized carbons (Fsp3) is 0.350. The van der Waals surface area contributed by atoms with E-state index in [4.69, 9.17) is 0 Å². The van der Waals surface area contributed by atoms with Crippen molar-refractivity contribution < 1.29 is 18.3 Å². The minimum Gasteiger partial charge on any atom is -0.434 e. The summed E-state index contributed by atoms with van der Waals surface area (Å²) in [5, 5.41) is 4.97. The molecule has 1 atom stereocenters. The van der Waals surface area contributed by atoms with Gasteiger partial charge in [0.15, 0.2) is 0 Å². The first-order valence-corrected chi connectivity index (χ1v) is 9.78. The molecule has 0 aliphatic carbocycles. The third-order valence-corrected chi connectivity index (χ3v) is 5.45. The van der Waals surface area contributed by atoms with Crippen LogP contribution in [0.5, 0.6) is 5.75 Å². The lowest BCUT2D eigenvalue weighted by Gasteiger charge is -2.26. The van der Waals surface area contributed by atoms with Crippen molar-refractivity contribution in [3.05, 3.63) is 58.3 Å². The summed E-state index contributed by atoms with van der Waals surface area (Å²) in [5.41, 5.74) is 0.433. The summed E-state index contributed by atoms with van der Waals surface area (Å²) in [6.07, 6.45) is 5.19. The Kier molecular flexibility index (Phi) is 6.95. The second-order valence-electron chi connectivity index (χ2n) is 6.27. The Hall–Kier alpha value is -2.25. The highest BCUT2D eigenvalue weighted by Crippen LogP contribution is 2.28. The Balaban J connectivity index is 1.61. The summed E-state index contributed by atoms with van der Waals surface area (Å²) >= 11 is 1.69. The van der Waals surface area contributed by atoms with E-state index in [9.17, 15) is 13.6 Å². The van der Waals surface area contributed by atoms with E-state index in [1.165, 1.54) is 35.9 Å². The number of thiophene rings is 1. The fourth-order valence-corrected chi connectivity index (χ4v) is 4.05. The number of ether oxygens (including phenoxy) is 1. The fourth-order valence-electron chi connectivity index (χ4n) is 3.19. The molecular formula is C20H22F2N2O2S. The van der Waals surface area contributed by atoms with Crippen molar-refractivity contribution in [2.75, 3.05) is 19.6 Å². The van der Waals surface area contributed by atoms with Crippen molar-refractivity contribution in [1.82, 2.24) is 10.2 Å².